The first-order chi connectivity index (χ1) is 8.33. The number of hydrogen-bond donors (Lipinski definition) is 1. The number of thiazole rings is 1. The maximum atomic E-state index is 4.34. The number of nitrogens with zero attached hydrogens (tertiary/aromatic N) is 1. The number of aromatic nitrogens is 1. The molecule has 1 heterocycles. The van der Waals surface area contributed by atoms with Gasteiger partial charge in [-0.2, -0.15) is 0 Å². The van der Waals surface area contributed by atoms with Crippen molar-refractivity contribution in [1.82, 2.24) is 4.98 Å². The lowest BCUT2D eigenvalue weighted by Crippen LogP contribution is -2.07. The van der Waals surface area contributed by atoms with Gasteiger partial charge in [0.1, 0.15) is 0 Å². The minimum absolute atomic E-state index is 0.278. The number of fused-ring (bicyclic) bond motifs is 1. The quantitative estimate of drug-likeness (QED) is 0.888. The third-order valence-electron chi connectivity index (χ3n) is 3.38. The van der Waals surface area contributed by atoms with Crippen LogP contribution < -0.4 is 5.32 Å². The van der Waals surface area contributed by atoms with Gasteiger partial charge in [0.05, 0.1) is 17.2 Å². The molecule has 3 heteroatoms. The molecule has 2 nitrogen and oxygen atoms in total. The summed E-state index contributed by atoms with van der Waals surface area (Å²) in [6.07, 6.45) is 3.79. The van der Waals surface area contributed by atoms with Crippen molar-refractivity contribution >= 4 is 17.0 Å². The van der Waals surface area contributed by atoms with Gasteiger partial charge in [-0.25, -0.2) is 4.98 Å². The number of hydrogen-bond acceptors (Lipinski definition) is 3. The Hall–Kier alpha value is -1.35. The molecule has 0 fully saturated rings. The molecule has 1 unspecified atom stereocenters. The van der Waals surface area contributed by atoms with Crippen molar-refractivity contribution in [2.45, 2.75) is 32.2 Å². The zero-order valence-electron chi connectivity index (χ0n) is 9.94. The smallest absolute Gasteiger partial charge is 0.0795 e. The van der Waals surface area contributed by atoms with Crippen LogP contribution in [-0.4, -0.2) is 4.98 Å². The fraction of sp³-hybridized carbons (Fsp3) is 0.357. The molecule has 0 aliphatic heterocycles. The Morgan fingerprint density at radius 2 is 2.18 bits per heavy atom. The van der Waals surface area contributed by atoms with E-state index in [-0.39, 0.29) is 6.04 Å². The van der Waals surface area contributed by atoms with Crippen molar-refractivity contribution in [2.24, 2.45) is 0 Å². The minimum atomic E-state index is 0.278. The number of aryl methyl sites for hydroxylation is 2. The topological polar surface area (TPSA) is 24.9 Å². The van der Waals surface area contributed by atoms with Gasteiger partial charge in [0.25, 0.3) is 0 Å². The zero-order valence-corrected chi connectivity index (χ0v) is 10.8. The number of rotatable bonds is 3. The van der Waals surface area contributed by atoms with Gasteiger partial charge in [-0.05, 0) is 49.4 Å². The molecule has 0 saturated heterocycles. The Labute approximate surface area is 106 Å². The van der Waals surface area contributed by atoms with Gasteiger partial charge in [-0.1, -0.05) is 6.07 Å². The van der Waals surface area contributed by atoms with E-state index in [1.54, 1.807) is 11.3 Å². The van der Waals surface area contributed by atoms with E-state index >= 15 is 0 Å². The van der Waals surface area contributed by atoms with Crippen LogP contribution in [-0.2, 0) is 12.8 Å². The molecule has 1 aromatic heterocycles. The minimum Gasteiger partial charge on any atom is -0.377 e. The van der Waals surface area contributed by atoms with E-state index in [1.165, 1.54) is 36.1 Å². The first-order valence-corrected chi connectivity index (χ1v) is 7.03. The van der Waals surface area contributed by atoms with Crippen LogP contribution in [0.2, 0.25) is 0 Å². The van der Waals surface area contributed by atoms with E-state index < -0.39 is 0 Å². The van der Waals surface area contributed by atoms with Gasteiger partial charge in [0.15, 0.2) is 0 Å². The van der Waals surface area contributed by atoms with Gasteiger partial charge in [-0.3, -0.25) is 0 Å². The lowest BCUT2D eigenvalue weighted by atomic mass is 10.1. The number of nitrogens with one attached hydrogen (secondary N) is 1. The average Bonchev–Trinajstić information content (AvgIpc) is 2.99. The summed E-state index contributed by atoms with van der Waals surface area (Å²) in [7, 11) is 0. The second-order valence-corrected chi connectivity index (χ2v) is 5.34. The van der Waals surface area contributed by atoms with Crippen LogP contribution in [0.4, 0.5) is 5.69 Å². The number of benzene rings is 1. The van der Waals surface area contributed by atoms with Crippen LogP contribution in [0.1, 0.15) is 36.2 Å². The lowest BCUT2D eigenvalue weighted by Gasteiger charge is -2.14. The zero-order chi connectivity index (χ0) is 11.7. The third-order valence-corrected chi connectivity index (χ3v) is 3.98. The Bertz CT molecular complexity index is 505. The Morgan fingerprint density at radius 1 is 1.29 bits per heavy atom. The van der Waals surface area contributed by atoms with Crippen molar-refractivity contribution < 1.29 is 0 Å². The molecule has 0 bridgehead atoms. The molecule has 2 aromatic rings. The standard InChI is InChI=1S/C14H16N2S/c1-10(14-8-17-9-15-14)16-13-6-5-11-3-2-4-12(11)7-13/h5-10,16H,2-4H2,1H3. The van der Waals surface area contributed by atoms with Crippen LogP contribution in [0.3, 0.4) is 0 Å². The maximum Gasteiger partial charge on any atom is 0.0795 e. The second-order valence-electron chi connectivity index (χ2n) is 4.62. The molecule has 1 aliphatic rings. The highest BCUT2D eigenvalue weighted by molar-refractivity contribution is 7.07. The van der Waals surface area contributed by atoms with Crippen molar-refractivity contribution in [2.75, 3.05) is 5.32 Å². The summed E-state index contributed by atoms with van der Waals surface area (Å²) < 4.78 is 0. The fourth-order valence-electron chi connectivity index (χ4n) is 2.42. The van der Waals surface area contributed by atoms with Crippen molar-refractivity contribution in [3.05, 3.63) is 45.9 Å². The molecule has 3 rings (SSSR count). The lowest BCUT2D eigenvalue weighted by molar-refractivity contribution is 0.849. The normalized spacial score (nSPS) is 15.6. The summed E-state index contributed by atoms with van der Waals surface area (Å²) in [5.41, 5.74) is 7.26. The van der Waals surface area contributed by atoms with Gasteiger partial charge in [-0.15, -0.1) is 11.3 Å². The molecular formula is C14H16N2S. The van der Waals surface area contributed by atoms with E-state index in [0.29, 0.717) is 0 Å². The Balaban J connectivity index is 1.77. The van der Waals surface area contributed by atoms with E-state index in [4.69, 9.17) is 0 Å². The maximum absolute atomic E-state index is 4.34. The fourth-order valence-corrected chi connectivity index (χ4v) is 3.07. The molecule has 0 saturated carbocycles. The van der Waals surface area contributed by atoms with Gasteiger partial charge >= 0.3 is 0 Å². The molecule has 0 spiro atoms. The Morgan fingerprint density at radius 3 is 3.00 bits per heavy atom. The first-order valence-electron chi connectivity index (χ1n) is 6.09. The summed E-state index contributed by atoms with van der Waals surface area (Å²) in [6, 6.07) is 7.03. The predicted molar refractivity (Wildman–Crippen MR) is 72.6 cm³/mol. The van der Waals surface area contributed by atoms with Gasteiger partial charge < -0.3 is 5.32 Å². The second kappa shape index (κ2) is 4.49. The number of anilines is 1. The average molecular weight is 244 g/mol. The summed E-state index contributed by atoms with van der Waals surface area (Å²) in [5.74, 6) is 0. The molecule has 0 amide bonds. The van der Waals surface area contributed by atoms with E-state index in [2.05, 4.69) is 40.8 Å². The third kappa shape index (κ3) is 2.20. The molecule has 1 atom stereocenters. The van der Waals surface area contributed by atoms with Crippen molar-refractivity contribution in [3.63, 3.8) is 0 Å². The molecule has 88 valence electrons. The van der Waals surface area contributed by atoms with E-state index in [1.807, 2.05) is 5.51 Å². The van der Waals surface area contributed by atoms with E-state index in [0.717, 1.165) is 5.69 Å². The summed E-state index contributed by atoms with van der Waals surface area (Å²) in [6.45, 7) is 2.16. The summed E-state index contributed by atoms with van der Waals surface area (Å²) in [5, 5.41) is 5.62. The van der Waals surface area contributed by atoms with Crippen LogP contribution in [0.5, 0.6) is 0 Å². The highest BCUT2D eigenvalue weighted by Crippen LogP contribution is 2.26. The van der Waals surface area contributed by atoms with Gasteiger partial charge in [0, 0.05) is 11.1 Å². The van der Waals surface area contributed by atoms with Crippen LogP contribution in [0.25, 0.3) is 0 Å². The molecule has 0 radical (unpaired) electrons. The molecule has 1 aliphatic carbocycles. The van der Waals surface area contributed by atoms with Gasteiger partial charge in [0.2, 0.25) is 0 Å². The highest BCUT2D eigenvalue weighted by atomic mass is 32.1. The van der Waals surface area contributed by atoms with E-state index in [9.17, 15) is 0 Å². The Kier molecular flexibility index (Phi) is 2.85. The molecule has 1 N–H and O–H groups in total. The highest BCUT2D eigenvalue weighted by Gasteiger charge is 2.12. The van der Waals surface area contributed by atoms with Crippen LogP contribution in [0, 0.1) is 0 Å². The SMILES string of the molecule is CC(Nc1ccc2c(c1)CCC2)c1cscn1. The molecule has 1 aromatic carbocycles. The monoisotopic (exact) mass is 244 g/mol. The summed E-state index contributed by atoms with van der Waals surface area (Å²) in [4.78, 5) is 4.34. The first kappa shape index (κ1) is 10.8. The van der Waals surface area contributed by atoms with Crippen molar-refractivity contribution in [3.8, 4) is 0 Å². The largest absolute Gasteiger partial charge is 0.377 e. The molecular weight excluding hydrogens is 228 g/mol. The summed E-state index contributed by atoms with van der Waals surface area (Å²) >= 11 is 1.65. The van der Waals surface area contributed by atoms with Crippen LogP contribution >= 0.6 is 11.3 Å². The van der Waals surface area contributed by atoms with Crippen molar-refractivity contribution in [1.29, 1.82) is 0 Å². The van der Waals surface area contributed by atoms with Crippen LogP contribution in [0.15, 0.2) is 29.1 Å². The molecule has 17 heavy (non-hydrogen) atoms. The predicted octanol–water partition coefficient (Wildman–Crippen LogP) is 3.80.